The van der Waals surface area contributed by atoms with Crippen molar-refractivity contribution in [2.75, 3.05) is 26.2 Å². The Morgan fingerprint density at radius 2 is 2.10 bits per heavy atom. The van der Waals surface area contributed by atoms with E-state index < -0.39 is 0 Å². The van der Waals surface area contributed by atoms with Crippen LogP contribution in [0.25, 0.3) is 0 Å². The number of thiazole rings is 1. The van der Waals surface area contributed by atoms with Crippen LogP contribution in [-0.4, -0.2) is 52.9 Å². The maximum atomic E-state index is 12.5. The van der Waals surface area contributed by atoms with E-state index in [2.05, 4.69) is 23.7 Å². The van der Waals surface area contributed by atoms with Gasteiger partial charge in [-0.15, -0.1) is 11.3 Å². The lowest BCUT2D eigenvalue weighted by Gasteiger charge is -2.37. The topological polar surface area (TPSA) is 62.5 Å². The fraction of sp³-hybridized carbons (Fsp3) is 0.733. The molecule has 2 heterocycles. The van der Waals surface area contributed by atoms with Crippen molar-refractivity contribution in [1.82, 2.24) is 14.8 Å². The molecule has 1 aromatic rings. The van der Waals surface area contributed by atoms with Gasteiger partial charge in [0, 0.05) is 24.5 Å². The Labute approximate surface area is 131 Å². The van der Waals surface area contributed by atoms with Gasteiger partial charge in [-0.05, 0) is 32.9 Å². The third-order valence-corrected chi connectivity index (χ3v) is 5.26. The van der Waals surface area contributed by atoms with Gasteiger partial charge in [-0.3, -0.25) is 4.79 Å². The fourth-order valence-corrected chi connectivity index (χ4v) is 3.68. The van der Waals surface area contributed by atoms with E-state index in [-0.39, 0.29) is 11.9 Å². The van der Waals surface area contributed by atoms with Crippen molar-refractivity contribution in [3.8, 4) is 0 Å². The number of hydrogen-bond donors (Lipinski definition) is 1. The quantitative estimate of drug-likeness (QED) is 0.905. The first-order valence-electron chi connectivity index (χ1n) is 7.81. The van der Waals surface area contributed by atoms with Crippen LogP contribution in [0.15, 0.2) is 5.38 Å². The SMILES string of the molecule is CCN(CC)C1CCN(C(=O)c2csc(C(C)N)n2)CC1. The van der Waals surface area contributed by atoms with E-state index in [1.807, 2.05) is 17.2 Å². The summed E-state index contributed by atoms with van der Waals surface area (Å²) in [5.41, 5.74) is 6.35. The second-order valence-electron chi connectivity index (χ2n) is 5.60. The predicted octanol–water partition coefficient (Wildman–Crippen LogP) is 2.11. The first-order valence-corrected chi connectivity index (χ1v) is 8.69. The van der Waals surface area contributed by atoms with Gasteiger partial charge < -0.3 is 15.5 Å². The van der Waals surface area contributed by atoms with Gasteiger partial charge in [0.2, 0.25) is 0 Å². The Hall–Kier alpha value is -0.980. The number of carbonyl (C=O) groups excluding carboxylic acids is 1. The number of hydrogen-bond acceptors (Lipinski definition) is 5. The molecule has 1 fully saturated rings. The molecule has 0 radical (unpaired) electrons. The summed E-state index contributed by atoms with van der Waals surface area (Å²) in [6.45, 7) is 10.1. The van der Waals surface area contributed by atoms with Gasteiger partial charge in [-0.1, -0.05) is 13.8 Å². The molecular formula is C15H26N4OS. The number of likely N-dealkylation sites (tertiary alicyclic amines) is 1. The standard InChI is InChI=1S/C15H26N4OS/c1-4-18(5-2)12-6-8-19(9-7-12)15(20)13-10-21-14(17-13)11(3)16/h10-12H,4-9,16H2,1-3H3. The van der Waals surface area contributed by atoms with Crippen molar-refractivity contribution < 1.29 is 4.79 Å². The van der Waals surface area contributed by atoms with Crippen molar-refractivity contribution in [3.05, 3.63) is 16.1 Å². The zero-order chi connectivity index (χ0) is 15.4. The molecular weight excluding hydrogens is 284 g/mol. The number of nitrogens with zero attached hydrogens (tertiary/aromatic N) is 3. The molecule has 0 aliphatic carbocycles. The van der Waals surface area contributed by atoms with Crippen LogP contribution in [0.1, 0.15) is 55.2 Å². The highest BCUT2D eigenvalue weighted by Crippen LogP contribution is 2.21. The molecule has 1 aliphatic rings. The summed E-state index contributed by atoms with van der Waals surface area (Å²) in [5.74, 6) is 0.0520. The average molecular weight is 310 g/mol. The zero-order valence-corrected chi connectivity index (χ0v) is 14.0. The van der Waals surface area contributed by atoms with E-state index >= 15 is 0 Å². The summed E-state index contributed by atoms with van der Waals surface area (Å²) in [4.78, 5) is 21.2. The number of rotatable bonds is 5. The number of carbonyl (C=O) groups is 1. The molecule has 1 saturated heterocycles. The Morgan fingerprint density at radius 3 is 2.57 bits per heavy atom. The Morgan fingerprint density at radius 1 is 1.48 bits per heavy atom. The van der Waals surface area contributed by atoms with Crippen LogP contribution in [0.5, 0.6) is 0 Å². The smallest absolute Gasteiger partial charge is 0.273 e. The van der Waals surface area contributed by atoms with E-state index in [0.29, 0.717) is 11.7 Å². The molecule has 0 aromatic carbocycles. The van der Waals surface area contributed by atoms with Gasteiger partial charge in [-0.2, -0.15) is 0 Å². The molecule has 1 aromatic heterocycles. The molecule has 0 spiro atoms. The van der Waals surface area contributed by atoms with Crippen LogP contribution >= 0.6 is 11.3 Å². The first-order chi connectivity index (χ1) is 10.1. The van der Waals surface area contributed by atoms with E-state index in [1.54, 1.807) is 0 Å². The minimum atomic E-state index is -0.107. The molecule has 0 bridgehead atoms. The molecule has 2 N–H and O–H groups in total. The normalized spacial score (nSPS) is 18.2. The van der Waals surface area contributed by atoms with Crippen molar-refractivity contribution >= 4 is 17.2 Å². The van der Waals surface area contributed by atoms with E-state index in [9.17, 15) is 4.79 Å². The minimum Gasteiger partial charge on any atom is -0.337 e. The average Bonchev–Trinajstić information content (AvgIpc) is 2.98. The van der Waals surface area contributed by atoms with Gasteiger partial charge in [0.15, 0.2) is 0 Å². The summed E-state index contributed by atoms with van der Waals surface area (Å²) in [6.07, 6.45) is 2.11. The van der Waals surface area contributed by atoms with E-state index in [0.717, 1.165) is 44.0 Å². The van der Waals surface area contributed by atoms with Crippen LogP contribution in [0, 0.1) is 0 Å². The predicted molar refractivity (Wildman–Crippen MR) is 86.6 cm³/mol. The van der Waals surface area contributed by atoms with Crippen molar-refractivity contribution in [3.63, 3.8) is 0 Å². The highest BCUT2D eigenvalue weighted by molar-refractivity contribution is 7.09. The Kier molecular flexibility index (Phi) is 5.72. The first kappa shape index (κ1) is 16.4. The summed E-state index contributed by atoms with van der Waals surface area (Å²) >= 11 is 1.47. The van der Waals surface area contributed by atoms with Crippen molar-refractivity contribution in [2.45, 2.75) is 45.7 Å². The lowest BCUT2D eigenvalue weighted by Crippen LogP contribution is -2.46. The summed E-state index contributed by atoms with van der Waals surface area (Å²) in [5, 5.41) is 2.66. The molecule has 1 atom stereocenters. The Balaban J connectivity index is 1.93. The molecule has 1 aliphatic heterocycles. The van der Waals surface area contributed by atoms with Crippen LogP contribution in [0.2, 0.25) is 0 Å². The van der Waals surface area contributed by atoms with Gasteiger partial charge in [-0.25, -0.2) is 4.98 Å². The maximum absolute atomic E-state index is 12.5. The Bertz CT molecular complexity index is 462. The number of piperidine rings is 1. The monoisotopic (exact) mass is 310 g/mol. The fourth-order valence-electron chi connectivity index (χ4n) is 2.93. The second kappa shape index (κ2) is 7.33. The van der Waals surface area contributed by atoms with Gasteiger partial charge >= 0.3 is 0 Å². The molecule has 2 rings (SSSR count). The highest BCUT2D eigenvalue weighted by Gasteiger charge is 2.27. The molecule has 5 nitrogen and oxygen atoms in total. The van der Waals surface area contributed by atoms with Crippen LogP contribution < -0.4 is 5.73 Å². The van der Waals surface area contributed by atoms with Crippen LogP contribution in [0.3, 0.4) is 0 Å². The summed E-state index contributed by atoms with van der Waals surface area (Å²) in [7, 11) is 0. The highest BCUT2D eigenvalue weighted by atomic mass is 32.1. The van der Waals surface area contributed by atoms with Crippen LogP contribution in [0.4, 0.5) is 0 Å². The van der Waals surface area contributed by atoms with Crippen molar-refractivity contribution in [2.24, 2.45) is 5.73 Å². The van der Waals surface area contributed by atoms with Gasteiger partial charge in [0.25, 0.3) is 5.91 Å². The summed E-state index contributed by atoms with van der Waals surface area (Å²) in [6, 6.07) is 0.504. The molecule has 6 heteroatoms. The van der Waals surface area contributed by atoms with E-state index in [4.69, 9.17) is 5.73 Å². The lowest BCUT2D eigenvalue weighted by molar-refractivity contribution is 0.0626. The van der Waals surface area contributed by atoms with Crippen LogP contribution in [-0.2, 0) is 0 Å². The summed E-state index contributed by atoms with van der Waals surface area (Å²) < 4.78 is 0. The minimum absolute atomic E-state index is 0.0520. The third kappa shape index (κ3) is 3.81. The number of amides is 1. The second-order valence-corrected chi connectivity index (χ2v) is 6.49. The maximum Gasteiger partial charge on any atom is 0.273 e. The zero-order valence-electron chi connectivity index (χ0n) is 13.2. The molecule has 21 heavy (non-hydrogen) atoms. The molecule has 1 unspecified atom stereocenters. The largest absolute Gasteiger partial charge is 0.337 e. The van der Waals surface area contributed by atoms with Gasteiger partial charge in [0.1, 0.15) is 10.7 Å². The van der Waals surface area contributed by atoms with E-state index in [1.165, 1.54) is 11.3 Å². The number of aromatic nitrogens is 1. The number of nitrogens with two attached hydrogens (primary N) is 1. The molecule has 1 amide bonds. The third-order valence-electron chi connectivity index (χ3n) is 4.21. The molecule has 118 valence electrons. The van der Waals surface area contributed by atoms with Crippen molar-refractivity contribution in [1.29, 1.82) is 0 Å². The molecule has 0 saturated carbocycles. The van der Waals surface area contributed by atoms with Gasteiger partial charge in [0.05, 0.1) is 6.04 Å². The lowest BCUT2D eigenvalue weighted by atomic mass is 10.0.